The Morgan fingerprint density at radius 1 is 0.864 bits per heavy atom. The summed E-state index contributed by atoms with van der Waals surface area (Å²) in [5, 5.41) is 9.40. The van der Waals surface area contributed by atoms with Gasteiger partial charge in [-0.2, -0.15) is 0 Å². The Bertz CT molecular complexity index is 555. The average molecular weight is 301 g/mol. The van der Waals surface area contributed by atoms with Gasteiger partial charge in [-0.1, -0.05) is 0 Å². The fourth-order valence-electron chi connectivity index (χ4n) is 3.56. The van der Waals surface area contributed by atoms with Crippen molar-refractivity contribution in [2.45, 2.75) is 38.5 Å². The van der Waals surface area contributed by atoms with Crippen LogP contribution < -0.4 is 14.5 Å². The van der Waals surface area contributed by atoms with Crippen LogP contribution in [-0.4, -0.2) is 33.3 Å². The SMILES string of the molecule is COc1cc([N+]#N)c(N2CCCCC2)cc1N1CCCCC1. The van der Waals surface area contributed by atoms with Crippen molar-refractivity contribution in [3.63, 3.8) is 0 Å². The molecule has 0 N–H and O–H groups in total. The van der Waals surface area contributed by atoms with Gasteiger partial charge >= 0.3 is 5.69 Å². The first kappa shape index (κ1) is 15.0. The highest BCUT2D eigenvalue weighted by Gasteiger charge is 2.27. The first-order valence-corrected chi connectivity index (χ1v) is 8.40. The highest BCUT2D eigenvalue weighted by molar-refractivity contribution is 5.80. The standard InChI is InChI=1S/C17H25N4O/c1-22-17-12-14(19-18)15(20-8-4-2-5-9-20)13-16(17)21-10-6-3-7-11-21/h12-13H,2-11H2,1H3/q+1. The topological polar surface area (TPSA) is 43.9 Å². The third-order valence-corrected chi connectivity index (χ3v) is 4.78. The van der Waals surface area contributed by atoms with Crippen LogP contribution in [0.3, 0.4) is 0 Å². The Morgan fingerprint density at radius 3 is 1.91 bits per heavy atom. The highest BCUT2D eigenvalue weighted by atomic mass is 16.5. The number of methoxy groups -OCH3 is 1. The molecule has 3 rings (SSSR count). The molecule has 0 atom stereocenters. The van der Waals surface area contributed by atoms with Gasteiger partial charge in [-0.05, 0) is 44.6 Å². The van der Waals surface area contributed by atoms with E-state index < -0.39 is 0 Å². The van der Waals surface area contributed by atoms with Gasteiger partial charge in [0.1, 0.15) is 11.4 Å². The first-order chi connectivity index (χ1) is 10.8. The Morgan fingerprint density at radius 2 is 1.41 bits per heavy atom. The van der Waals surface area contributed by atoms with Crippen LogP contribution in [0.5, 0.6) is 5.75 Å². The molecule has 2 saturated heterocycles. The summed E-state index contributed by atoms with van der Waals surface area (Å²) in [7, 11) is 1.69. The lowest BCUT2D eigenvalue weighted by Gasteiger charge is -2.32. The van der Waals surface area contributed by atoms with Crippen molar-refractivity contribution in [2.24, 2.45) is 0 Å². The maximum absolute atomic E-state index is 9.40. The molecule has 2 fully saturated rings. The number of nitrogens with zero attached hydrogens (tertiary/aromatic N) is 4. The third kappa shape index (κ3) is 2.96. The maximum Gasteiger partial charge on any atom is 0.411 e. The van der Waals surface area contributed by atoms with E-state index in [1.54, 1.807) is 7.11 Å². The number of hydrogen-bond acceptors (Lipinski definition) is 4. The van der Waals surface area contributed by atoms with Gasteiger partial charge in [-0.3, -0.25) is 0 Å². The second-order valence-electron chi connectivity index (χ2n) is 6.21. The van der Waals surface area contributed by atoms with Gasteiger partial charge < -0.3 is 14.5 Å². The fraction of sp³-hybridized carbons (Fsp3) is 0.647. The van der Waals surface area contributed by atoms with Gasteiger partial charge in [-0.15, -0.1) is 0 Å². The van der Waals surface area contributed by atoms with Crippen LogP contribution in [0.15, 0.2) is 12.1 Å². The van der Waals surface area contributed by atoms with E-state index in [9.17, 15) is 5.39 Å². The summed E-state index contributed by atoms with van der Waals surface area (Å²) >= 11 is 0. The van der Waals surface area contributed by atoms with Gasteiger partial charge in [0.15, 0.2) is 4.98 Å². The molecule has 0 radical (unpaired) electrons. The second-order valence-corrected chi connectivity index (χ2v) is 6.21. The molecule has 5 nitrogen and oxygen atoms in total. The molecule has 0 amide bonds. The smallest absolute Gasteiger partial charge is 0.411 e. The Hall–Kier alpha value is -1.96. The Labute approximate surface area is 132 Å². The van der Waals surface area contributed by atoms with Crippen molar-refractivity contribution >= 4 is 17.1 Å². The summed E-state index contributed by atoms with van der Waals surface area (Å²) in [6.07, 6.45) is 7.47. The molecule has 2 aliphatic rings. The lowest BCUT2D eigenvalue weighted by atomic mass is 10.1. The molecule has 5 heteroatoms. The minimum absolute atomic E-state index is 0.611. The lowest BCUT2D eigenvalue weighted by molar-refractivity contribution is 0.413. The number of ether oxygens (including phenoxy) is 1. The molecule has 1 aromatic carbocycles. The summed E-state index contributed by atoms with van der Waals surface area (Å²) in [6, 6.07) is 4.03. The first-order valence-electron chi connectivity index (χ1n) is 8.40. The van der Waals surface area contributed by atoms with Gasteiger partial charge in [0.05, 0.1) is 18.9 Å². The van der Waals surface area contributed by atoms with Gasteiger partial charge in [0, 0.05) is 26.2 Å². The molecular formula is C17H25N4O+. The zero-order valence-corrected chi connectivity index (χ0v) is 13.4. The summed E-state index contributed by atoms with van der Waals surface area (Å²) in [6.45, 7) is 4.22. The van der Waals surface area contributed by atoms with E-state index in [4.69, 9.17) is 4.74 Å². The van der Waals surface area contributed by atoms with E-state index in [1.165, 1.54) is 38.5 Å². The number of rotatable bonds is 3. The van der Waals surface area contributed by atoms with Crippen molar-refractivity contribution < 1.29 is 4.74 Å². The third-order valence-electron chi connectivity index (χ3n) is 4.78. The van der Waals surface area contributed by atoms with Gasteiger partial charge in [0.25, 0.3) is 0 Å². The largest absolute Gasteiger partial charge is 0.494 e. The summed E-state index contributed by atoms with van der Waals surface area (Å²) < 4.78 is 5.55. The van der Waals surface area contributed by atoms with Crippen LogP contribution >= 0.6 is 0 Å². The van der Waals surface area contributed by atoms with Crippen LogP contribution in [0.25, 0.3) is 4.98 Å². The van der Waals surface area contributed by atoms with Crippen LogP contribution in [-0.2, 0) is 0 Å². The molecule has 2 heterocycles. The van der Waals surface area contributed by atoms with Crippen molar-refractivity contribution in [1.29, 1.82) is 5.39 Å². The number of benzene rings is 1. The number of anilines is 2. The molecular weight excluding hydrogens is 276 g/mol. The number of hydrogen-bond donors (Lipinski definition) is 0. The zero-order chi connectivity index (χ0) is 15.4. The van der Waals surface area contributed by atoms with Gasteiger partial charge in [0.2, 0.25) is 5.39 Å². The van der Waals surface area contributed by atoms with Crippen LogP contribution in [0.1, 0.15) is 38.5 Å². The monoisotopic (exact) mass is 301 g/mol. The summed E-state index contributed by atoms with van der Waals surface area (Å²) in [4.78, 5) is 8.24. The van der Waals surface area contributed by atoms with E-state index in [0.717, 1.165) is 43.3 Å². The minimum Gasteiger partial charge on any atom is -0.494 e. The molecule has 2 aliphatic heterocycles. The quantitative estimate of drug-likeness (QED) is 0.786. The maximum atomic E-state index is 9.40. The van der Waals surface area contributed by atoms with E-state index in [1.807, 2.05) is 6.07 Å². The van der Waals surface area contributed by atoms with Crippen LogP contribution in [0.2, 0.25) is 0 Å². The molecule has 0 unspecified atom stereocenters. The van der Waals surface area contributed by atoms with Crippen LogP contribution in [0.4, 0.5) is 17.1 Å². The molecule has 118 valence electrons. The number of piperidine rings is 2. The van der Waals surface area contributed by atoms with Crippen LogP contribution in [0, 0.1) is 5.39 Å². The van der Waals surface area contributed by atoms with E-state index in [0.29, 0.717) is 5.69 Å². The summed E-state index contributed by atoms with van der Waals surface area (Å²) in [5.41, 5.74) is 2.78. The minimum atomic E-state index is 0.611. The second kappa shape index (κ2) is 6.87. The predicted molar refractivity (Wildman–Crippen MR) is 89.9 cm³/mol. The van der Waals surface area contributed by atoms with Gasteiger partial charge in [-0.25, -0.2) is 0 Å². The molecule has 0 bridgehead atoms. The van der Waals surface area contributed by atoms with Crippen molar-refractivity contribution in [3.05, 3.63) is 17.1 Å². The van der Waals surface area contributed by atoms with E-state index in [2.05, 4.69) is 20.8 Å². The molecule has 1 aromatic rings. The normalized spacial score (nSPS) is 18.9. The predicted octanol–water partition coefficient (Wildman–Crippen LogP) is 4.16. The Balaban J connectivity index is 1.98. The van der Waals surface area contributed by atoms with Crippen molar-refractivity contribution in [1.82, 2.24) is 0 Å². The fourth-order valence-corrected chi connectivity index (χ4v) is 3.56. The summed E-state index contributed by atoms with van der Waals surface area (Å²) in [5.74, 6) is 0.801. The molecule has 0 aromatic heterocycles. The van der Waals surface area contributed by atoms with E-state index in [-0.39, 0.29) is 0 Å². The lowest BCUT2D eigenvalue weighted by Crippen LogP contribution is -2.31. The molecule has 0 aliphatic carbocycles. The average Bonchev–Trinajstić information content (AvgIpc) is 2.62. The highest BCUT2D eigenvalue weighted by Crippen LogP contribution is 2.42. The molecule has 22 heavy (non-hydrogen) atoms. The number of diazo groups is 1. The Kier molecular flexibility index (Phi) is 4.67. The molecule has 0 spiro atoms. The van der Waals surface area contributed by atoms with Crippen molar-refractivity contribution in [2.75, 3.05) is 43.1 Å². The molecule has 0 saturated carbocycles. The van der Waals surface area contributed by atoms with E-state index >= 15 is 0 Å². The van der Waals surface area contributed by atoms with Crippen molar-refractivity contribution in [3.8, 4) is 5.75 Å². The zero-order valence-electron chi connectivity index (χ0n) is 13.4.